The van der Waals surface area contributed by atoms with E-state index in [-0.39, 0.29) is 29.2 Å². The van der Waals surface area contributed by atoms with Crippen LogP contribution in [0.5, 0.6) is 5.75 Å². The summed E-state index contributed by atoms with van der Waals surface area (Å²) in [6.07, 6.45) is 4.32. The largest absolute Gasteiger partial charge is 0.508 e. The molecule has 4 N–H and O–H groups in total. The summed E-state index contributed by atoms with van der Waals surface area (Å²) in [5.74, 6) is -0.0890. The standard InChI is InChI=1S/C17H19N3O3/c18-15-2-1-13(21)8-14(15)17(22)20-16-10-23-9-12(16)7-11-3-5-19-6-4-11/h1-6,8,12,16,21H,7,9-10,18H2,(H,20,22)/t12-,16+/m1/s1. The minimum absolute atomic E-state index is 0.0142. The Bertz CT molecular complexity index is 691. The maximum absolute atomic E-state index is 12.4. The van der Waals surface area contributed by atoms with Crippen molar-refractivity contribution in [3.63, 3.8) is 0 Å². The van der Waals surface area contributed by atoms with Gasteiger partial charge in [0.25, 0.3) is 5.91 Å². The summed E-state index contributed by atoms with van der Waals surface area (Å²) in [5.41, 5.74) is 7.59. The van der Waals surface area contributed by atoms with Crippen molar-refractivity contribution in [1.82, 2.24) is 10.3 Å². The first kappa shape index (κ1) is 15.3. The summed E-state index contributed by atoms with van der Waals surface area (Å²) in [6, 6.07) is 8.19. The zero-order chi connectivity index (χ0) is 16.2. The van der Waals surface area contributed by atoms with Crippen LogP contribution in [0.25, 0.3) is 0 Å². The van der Waals surface area contributed by atoms with Crippen LogP contribution in [0.4, 0.5) is 5.69 Å². The number of nitrogen functional groups attached to an aromatic ring is 1. The van der Waals surface area contributed by atoms with E-state index in [1.807, 2.05) is 12.1 Å². The highest BCUT2D eigenvalue weighted by atomic mass is 16.5. The van der Waals surface area contributed by atoms with Gasteiger partial charge in [-0.15, -0.1) is 0 Å². The number of nitrogens with two attached hydrogens (primary N) is 1. The first-order chi connectivity index (χ1) is 11.1. The lowest BCUT2D eigenvalue weighted by Gasteiger charge is -2.19. The molecule has 2 aromatic rings. The minimum Gasteiger partial charge on any atom is -0.508 e. The highest BCUT2D eigenvalue weighted by Crippen LogP contribution is 2.22. The van der Waals surface area contributed by atoms with Gasteiger partial charge in [0, 0.05) is 24.0 Å². The molecule has 6 heteroatoms. The van der Waals surface area contributed by atoms with E-state index in [0.717, 1.165) is 12.0 Å². The van der Waals surface area contributed by atoms with Crippen molar-refractivity contribution in [2.45, 2.75) is 12.5 Å². The number of nitrogens with one attached hydrogen (secondary N) is 1. The average Bonchev–Trinajstić information content (AvgIpc) is 2.97. The minimum atomic E-state index is -0.298. The highest BCUT2D eigenvalue weighted by Gasteiger charge is 2.30. The normalized spacial score (nSPS) is 20.3. The summed E-state index contributed by atoms with van der Waals surface area (Å²) < 4.78 is 5.52. The molecule has 3 rings (SSSR count). The quantitative estimate of drug-likeness (QED) is 0.585. The third-order valence-electron chi connectivity index (χ3n) is 4.04. The molecule has 0 bridgehead atoms. The molecule has 23 heavy (non-hydrogen) atoms. The molecule has 1 aliphatic rings. The Morgan fingerprint density at radius 1 is 1.30 bits per heavy atom. The van der Waals surface area contributed by atoms with Gasteiger partial charge in [0.05, 0.1) is 24.8 Å². The molecule has 0 spiro atoms. The Morgan fingerprint density at radius 2 is 2.09 bits per heavy atom. The van der Waals surface area contributed by atoms with Gasteiger partial charge in [-0.3, -0.25) is 9.78 Å². The molecule has 2 heterocycles. The summed E-state index contributed by atoms with van der Waals surface area (Å²) in [6.45, 7) is 1.07. The van der Waals surface area contributed by atoms with Gasteiger partial charge in [-0.25, -0.2) is 0 Å². The molecule has 120 valence electrons. The zero-order valence-electron chi connectivity index (χ0n) is 12.6. The molecule has 0 radical (unpaired) electrons. The molecule has 1 aliphatic heterocycles. The van der Waals surface area contributed by atoms with E-state index in [9.17, 15) is 9.90 Å². The van der Waals surface area contributed by atoms with Crippen molar-refractivity contribution in [3.05, 3.63) is 53.9 Å². The zero-order valence-corrected chi connectivity index (χ0v) is 12.6. The SMILES string of the molecule is Nc1ccc(O)cc1C(=O)N[C@H]1COC[C@H]1Cc1ccncc1. The number of hydrogen-bond acceptors (Lipinski definition) is 5. The van der Waals surface area contributed by atoms with E-state index in [0.29, 0.717) is 18.9 Å². The number of rotatable bonds is 4. The Balaban J connectivity index is 1.68. The number of carbonyl (C=O) groups excluding carboxylic acids is 1. The number of aromatic hydroxyl groups is 1. The topological polar surface area (TPSA) is 97.5 Å². The number of anilines is 1. The smallest absolute Gasteiger partial charge is 0.253 e. The predicted molar refractivity (Wildman–Crippen MR) is 86.0 cm³/mol. The number of ether oxygens (including phenoxy) is 1. The third-order valence-corrected chi connectivity index (χ3v) is 4.04. The molecule has 2 atom stereocenters. The summed E-state index contributed by atoms with van der Waals surface area (Å²) in [4.78, 5) is 16.4. The molecule has 1 aromatic carbocycles. The predicted octanol–water partition coefficient (Wildman–Crippen LogP) is 1.36. The van der Waals surface area contributed by atoms with Crippen molar-refractivity contribution in [1.29, 1.82) is 0 Å². The summed E-state index contributed by atoms with van der Waals surface area (Å²) >= 11 is 0. The number of amides is 1. The Hall–Kier alpha value is -2.60. The van der Waals surface area contributed by atoms with Crippen LogP contribution in [0.2, 0.25) is 0 Å². The molecular weight excluding hydrogens is 294 g/mol. The average molecular weight is 313 g/mol. The van der Waals surface area contributed by atoms with Gasteiger partial charge in [0.2, 0.25) is 0 Å². The van der Waals surface area contributed by atoms with Crippen molar-refractivity contribution in [2.24, 2.45) is 5.92 Å². The fourth-order valence-corrected chi connectivity index (χ4v) is 2.77. The van der Waals surface area contributed by atoms with E-state index in [2.05, 4.69) is 10.3 Å². The number of carbonyl (C=O) groups is 1. The van der Waals surface area contributed by atoms with Crippen molar-refractivity contribution in [2.75, 3.05) is 18.9 Å². The lowest BCUT2D eigenvalue weighted by Crippen LogP contribution is -2.40. The van der Waals surface area contributed by atoms with Gasteiger partial charge in [-0.2, -0.15) is 0 Å². The molecule has 6 nitrogen and oxygen atoms in total. The molecule has 1 fully saturated rings. The maximum Gasteiger partial charge on any atom is 0.253 e. The number of benzene rings is 1. The number of phenolic OH excluding ortho intramolecular Hbond substituents is 1. The second-order valence-corrected chi connectivity index (χ2v) is 5.71. The molecule has 1 amide bonds. The Morgan fingerprint density at radius 3 is 2.87 bits per heavy atom. The Kier molecular flexibility index (Phi) is 4.43. The number of aromatic nitrogens is 1. The maximum atomic E-state index is 12.4. The lowest BCUT2D eigenvalue weighted by molar-refractivity contribution is 0.0925. The van der Waals surface area contributed by atoms with Crippen LogP contribution < -0.4 is 11.1 Å². The van der Waals surface area contributed by atoms with E-state index in [1.165, 1.54) is 18.2 Å². The monoisotopic (exact) mass is 313 g/mol. The van der Waals surface area contributed by atoms with E-state index in [4.69, 9.17) is 10.5 Å². The second kappa shape index (κ2) is 6.66. The number of pyridine rings is 1. The van der Waals surface area contributed by atoms with E-state index in [1.54, 1.807) is 12.4 Å². The van der Waals surface area contributed by atoms with Gasteiger partial charge in [-0.05, 0) is 42.3 Å². The van der Waals surface area contributed by atoms with Crippen LogP contribution >= 0.6 is 0 Å². The van der Waals surface area contributed by atoms with Crippen LogP contribution in [0, 0.1) is 5.92 Å². The molecule has 0 unspecified atom stereocenters. The molecule has 0 aliphatic carbocycles. The fraction of sp³-hybridized carbons (Fsp3) is 0.294. The first-order valence-electron chi connectivity index (χ1n) is 7.49. The molecular formula is C17H19N3O3. The van der Waals surface area contributed by atoms with Gasteiger partial charge in [0.1, 0.15) is 5.75 Å². The molecule has 1 aromatic heterocycles. The van der Waals surface area contributed by atoms with Crippen LogP contribution in [-0.4, -0.2) is 35.3 Å². The first-order valence-corrected chi connectivity index (χ1v) is 7.49. The van der Waals surface area contributed by atoms with Crippen molar-refractivity contribution in [3.8, 4) is 5.75 Å². The van der Waals surface area contributed by atoms with Crippen LogP contribution in [0.1, 0.15) is 15.9 Å². The van der Waals surface area contributed by atoms with E-state index < -0.39 is 0 Å². The van der Waals surface area contributed by atoms with Gasteiger partial charge >= 0.3 is 0 Å². The van der Waals surface area contributed by atoms with Crippen LogP contribution in [0.15, 0.2) is 42.7 Å². The van der Waals surface area contributed by atoms with E-state index >= 15 is 0 Å². The Labute approximate surface area is 134 Å². The number of nitrogens with zero attached hydrogens (tertiary/aromatic N) is 1. The van der Waals surface area contributed by atoms with Crippen LogP contribution in [0.3, 0.4) is 0 Å². The number of phenols is 1. The lowest BCUT2D eigenvalue weighted by atomic mass is 9.95. The molecule has 0 saturated carbocycles. The fourth-order valence-electron chi connectivity index (χ4n) is 2.77. The van der Waals surface area contributed by atoms with Gasteiger partial charge in [0.15, 0.2) is 0 Å². The number of hydrogen-bond donors (Lipinski definition) is 3. The van der Waals surface area contributed by atoms with Crippen molar-refractivity contribution >= 4 is 11.6 Å². The molecule has 1 saturated heterocycles. The van der Waals surface area contributed by atoms with Crippen LogP contribution in [-0.2, 0) is 11.2 Å². The van der Waals surface area contributed by atoms with Gasteiger partial charge < -0.3 is 20.9 Å². The summed E-state index contributed by atoms with van der Waals surface area (Å²) in [5, 5.41) is 12.5. The third kappa shape index (κ3) is 3.60. The van der Waals surface area contributed by atoms with Crippen molar-refractivity contribution < 1.29 is 14.6 Å². The highest BCUT2D eigenvalue weighted by molar-refractivity contribution is 5.99. The summed E-state index contributed by atoms with van der Waals surface area (Å²) in [7, 11) is 0. The van der Waals surface area contributed by atoms with Gasteiger partial charge in [-0.1, -0.05) is 0 Å². The second-order valence-electron chi connectivity index (χ2n) is 5.71.